The molecule has 37 heavy (non-hydrogen) atoms. The summed E-state index contributed by atoms with van der Waals surface area (Å²) in [5.41, 5.74) is 0. The van der Waals surface area contributed by atoms with Crippen LogP contribution in [-0.4, -0.2) is 38.4 Å². The molecule has 0 spiro atoms. The Kier molecular flexibility index (Phi) is 10.2. The summed E-state index contributed by atoms with van der Waals surface area (Å²) in [7, 11) is 0. The van der Waals surface area contributed by atoms with Crippen molar-refractivity contribution in [1.29, 1.82) is 0 Å². The smallest absolute Gasteiger partial charge is 0.337 e. The molecule has 0 amide bonds. The lowest BCUT2D eigenvalue weighted by molar-refractivity contribution is -0.141. The van der Waals surface area contributed by atoms with Crippen molar-refractivity contribution in [1.82, 2.24) is 0 Å². The van der Waals surface area contributed by atoms with Gasteiger partial charge in [0, 0.05) is 5.92 Å². The third-order valence-corrected chi connectivity index (χ3v) is 4.50. The molecule has 6 nitrogen and oxygen atoms in total. The number of ether oxygens (including phenoxy) is 4. The molecule has 0 aliphatic carbocycles. The minimum absolute atomic E-state index is 0.263. The van der Waals surface area contributed by atoms with Gasteiger partial charge in [0.2, 0.25) is 69.7 Å². The van der Waals surface area contributed by atoms with E-state index in [0.717, 1.165) is 0 Å². The molecule has 2 rings (SSSR count). The topological polar surface area (TPSA) is 71.1 Å². The lowest BCUT2D eigenvalue weighted by Crippen LogP contribution is -2.24. The number of benzene rings is 2. The van der Waals surface area contributed by atoms with E-state index in [1.807, 2.05) is 0 Å². The molecule has 0 bridgehead atoms. The Morgan fingerprint density at radius 2 is 0.811 bits per heavy atom. The first-order valence-electron chi connectivity index (χ1n) is 9.91. The highest BCUT2D eigenvalue weighted by Crippen LogP contribution is 2.30. The van der Waals surface area contributed by atoms with Crippen molar-refractivity contribution in [2.45, 2.75) is 13.3 Å². The average Bonchev–Trinajstić information content (AvgIpc) is 2.88. The maximum atomic E-state index is 13.5. The SMILES string of the molecule is CCC(COCC(=O)Oc1c(F)c(F)c(F)c(F)c1F)COCC(=O)Oc1c(F)c(F)c(F)c(F)c1F. The highest BCUT2D eigenvalue weighted by Gasteiger charge is 2.30. The highest BCUT2D eigenvalue weighted by atomic mass is 19.2. The van der Waals surface area contributed by atoms with Crippen LogP contribution < -0.4 is 9.47 Å². The summed E-state index contributed by atoms with van der Waals surface area (Å²) in [5.74, 6) is -31.0. The second-order valence-corrected chi connectivity index (χ2v) is 7.05. The Labute approximate surface area is 200 Å². The second kappa shape index (κ2) is 12.7. The van der Waals surface area contributed by atoms with Crippen molar-refractivity contribution >= 4 is 11.9 Å². The number of hydrogen-bond acceptors (Lipinski definition) is 6. The molecule has 0 saturated heterocycles. The zero-order valence-corrected chi connectivity index (χ0v) is 18.3. The van der Waals surface area contributed by atoms with Gasteiger partial charge in [-0.15, -0.1) is 0 Å². The van der Waals surface area contributed by atoms with Crippen molar-refractivity contribution in [2.75, 3.05) is 26.4 Å². The summed E-state index contributed by atoms with van der Waals surface area (Å²) in [5, 5.41) is 0. The van der Waals surface area contributed by atoms with Crippen molar-refractivity contribution in [2.24, 2.45) is 5.92 Å². The van der Waals surface area contributed by atoms with E-state index in [2.05, 4.69) is 9.47 Å². The van der Waals surface area contributed by atoms with E-state index in [1.165, 1.54) is 0 Å². The van der Waals surface area contributed by atoms with Gasteiger partial charge in [0.25, 0.3) is 0 Å². The van der Waals surface area contributed by atoms with Crippen LogP contribution in [0.15, 0.2) is 0 Å². The molecule has 0 fully saturated rings. The maximum absolute atomic E-state index is 13.5. The summed E-state index contributed by atoms with van der Waals surface area (Å²) in [4.78, 5) is 23.3. The van der Waals surface area contributed by atoms with Crippen LogP contribution in [0, 0.1) is 64.1 Å². The third-order valence-electron chi connectivity index (χ3n) is 4.50. The molecule has 0 aliphatic rings. The van der Waals surface area contributed by atoms with E-state index in [-0.39, 0.29) is 19.6 Å². The van der Waals surface area contributed by atoms with Crippen LogP contribution in [0.1, 0.15) is 13.3 Å². The number of halogens is 10. The molecule has 0 N–H and O–H groups in total. The second-order valence-electron chi connectivity index (χ2n) is 7.05. The Morgan fingerprint density at radius 3 is 1.08 bits per heavy atom. The van der Waals surface area contributed by atoms with Crippen LogP contribution in [0.2, 0.25) is 0 Å². The van der Waals surface area contributed by atoms with Gasteiger partial charge in [-0.25, -0.2) is 35.9 Å². The van der Waals surface area contributed by atoms with Gasteiger partial charge in [-0.3, -0.25) is 0 Å². The zero-order valence-electron chi connectivity index (χ0n) is 18.3. The highest BCUT2D eigenvalue weighted by molar-refractivity contribution is 5.74. The van der Waals surface area contributed by atoms with Crippen LogP contribution in [0.25, 0.3) is 0 Å². The summed E-state index contributed by atoms with van der Waals surface area (Å²) in [6.45, 7) is -1.07. The predicted molar refractivity (Wildman–Crippen MR) is 99.2 cm³/mol. The fraction of sp³-hybridized carbons (Fsp3) is 0.333. The van der Waals surface area contributed by atoms with Crippen molar-refractivity contribution in [3.63, 3.8) is 0 Å². The van der Waals surface area contributed by atoms with Crippen molar-refractivity contribution < 1.29 is 72.4 Å². The van der Waals surface area contributed by atoms with Gasteiger partial charge >= 0.3 is 11.9 Å². The molecule has 0 aromatic heterocycles. The Bertz CT molecular complexity index is 1040. The number of carbonyl (C=O) groups is 2. The molecule has 0 radical (unpaired) electrons. The molecule has 0 saturated carbocycles. The number of carbonyl (C=O) groups excluding carboxylic acids is 2. The van der Waals surface area contributed by atoms with Gasteiger partial charge in [0.1, 0.15) is 13.2 Å². The third kappa shape index (κ3) is 6.88. The first-order valence-corrected chi connectivity index (χ1v) is 9.91. The Morgan fingerprint density at radius 1 is 0.541 bits per heavy atom. The van der Waals surface area contributed by atoms with E-state index in [1.54, 1.807) is 6.92 Å². The van der Waals surface area contributed by atoms with Crippen molar-refractivity contribution in [3.05, 3.63) is 58.2 Å². The van der Waals surface area contributed by atoms with Gasteiger partial charge in [-0.05, 0) is 6.42 Å². The first-order chi connectivity index (χ1) is 17.3. The summed E-state index contributed by atoms with van der Waals surface area (Å²) in [6, 6.07) is 0. The van der Waals surface area contributed by atoms with E-state index in [4.69, 9.17) is 9.47 Å². The summed E-state index contributed by atoms with van der Waals surface area (Å²) < 4.78 is 151. The van der Waals surface area contributed by atoms with Crippen LogP contribution in [0.4, 0.5) is 43.9 Å². The van der Waals surface area contributed by atoms with E-state index in [9.17, 15) is 53.5 Å². The monoisotopic (exact) mass is 552 g/mol. The molecule has 0 heterocycles. The van der Waals surface area contributed by atoms with E-state index >= 15 is 0 Å². The number of rotatable bonds is 11. The van der Waals surface area contributed by atoms with Gasteiger partial charge in [0.15, 0.2) is 0 Å². The summed E-state index contributed by atoms with van der Waals surface area (Å²) >= 11 is 0. The molecule has 204 valence electrons. The number of esters is 2. The largest absolute Gasteiger partial charge is 0.418 e. The number of hydrogen-bond donors (Lipinski definition) is 0. The quantitative estimate of drug-likeness (QED) is 0.133. The minimum Gasteiger partial charge on any atom is -0.418 e. The van der Waals surface area contributed by atoms with E-state index in [0.29, 0.717) is 0 Å². The summed E-state index contributed by atoms with van der Waals surface area (Å²) in [6.07, 6.45) is 0.263. The Balaban J connectivity index is 1.83. The normalized spacial score (nSPS) is 11.2. The van der Waals surface area contributed by atoms with Gasteiger partial charge in [-0.2, -0.15) is 17.6 Å². The molecule has 16 heteroatoms. The molecular formula is C21H14F10O6. The standard InChI is InChI=1S/C21H14F10O6/c1-2-7(3-34-5-8(32)36-20-16(28)12(24)10(22)13(25)17(20)29)4-35-6-9(33)37-21-18(30)14(26)11(23)15(27)19(21)31/h7H,2-6H2,1H3. The van der Waals surface area contributed by atoms with Gasteiger partial charge < -0.3 is 18.9 Å². The molecule has 0 unspecified atom stereocenters. The van der Waals surface area contributed by atoms with Crippen LogP contribution >= 0.6 is 0 Å². The Hall–Kier alpha value is -3.40. The molecule has 2 aromatic carbocycles. The van der Waals surface area contributed by atoms with Crippen LogP contribution in [0.3, 0.4) is 0 Å². The van der Waals surface area contributed by atoms with E-state index < -0.39 is 101 Å². The predicted octanol–water partition coefficient (Wildman–Crippen LogP) is 4.65. The van der Waals surface area contributed by atoms with Gasteiger partial charge in [-0.1, -0.05) is 6.92 Å². The molecule has 0 atom stereocenters. The first kappa shape index (κ1) is 29.8. The van der Waals surface area contributed by atoms with Crippen LogP contribution in [-0.2, 0) is 19.1 Å². The lowest BCUT2D eigenvalue weighted by atomic mass is 10.1. The minimum atomic E-state index is -2.45. The maximum Gasteiger partial charge on any atom is 0.337 e. The molecule has 2 aromatic rings. The van der Waals surface area contributed by atoms with Crippen LogP contribution in [0.5, 0.6) is 11.5 Å². The fourth-order valence-corrected chi connectivity index (χ4v) is 2.54. The lowest BCUT2D eigenvalue weighted by Gasteiger charge is -2.15. The average molecular weight is 552 g/mol. The molecule has 0 aliphatic heterocycles. The molecular weight excluding hydrogens is 538 g/mol. The van der Waals surface area contributed by atoms with Crippen molar-refractivity contribution in [3.8, 4) is 11.5 Å². The fourth-order valence-electron chi connectivity index (χ4n) is 2.54. The van der Waals surface area contributed by atoms with Gasteiger partial charge in [0.05, 0.1) is 13.2 Å². The zero-order chi connectivity index (χ0) is 28.0.